The van der Waals surface area contributed by atoms with Gasteiger partial charge >= 0.3 is 0 Å². The summed E-state index contributed by atoms with van der Waals surface area (Å²) in [4.78, 5) is 0. The molecule has 2 unspecified atom stereocenters. The van der Waals surface area contributed by atoms with Crippen LogP contribution < -0.4 is 0 Å². The first-order valence-electron chi connectivity index (χ1n) is 2.45. The smallest absolute Gasteiger partial charge is 0.0873 e. The topological polar surface area (TPSA) is 12.5 Å². The molecule has 1 nitrogen and oxygen atoms in total. The average Bonchev–Trinajstić information content (AvgIpc) is 2.17. The van der Waals surface area contributed by atoms with Crippen molar-refractivity contribution in [2.24, 2.45) is 0 Å². The van der Waals surface area contributed by atoms with E-state index in [1.165, 1.54) is 12.8 Å². The minimum atomic E-state index is 0.588. The lowest BCUT2D eigenvalue weighted by Gasteiger charge is -1.81. The molecule has 6 heavy (non-hydrogen) atoms. The molecule has 1 radical (unpaired) electrons. The summed E-state index contributed by atoms with van der Waals surface area (Å²) in [6, 6.07) is 0. The fraction of sp³-hybridized carbons (Fsp3) is 0.800. The van der Waals surface area contributed by atoms with Crippen LogP contribution in [0.15, 0.2) is 0 Å². The lowest BCUT2D eigenvalue weighted by Crippen LogP contribution is -1.75. The molecule has 2 aliphatic rings. The first kappa shape index (κ1) is 3.03. The Morgan fingerprint density at radius 3 is 2.83 bits per heavy atom. The molecule has 1 aliphatic carbocycles. The molecule has 0 spiro atoms. The standard InChI is InChI=1S/C5H7O/c1-2-4-5(3-1)6-4/h2,4-5H,1,3H2. The van der Waals surface area contributed by atoms with Crippen molar-refractivity contribution in [1.29, 1.82) is 0 Å². The summed E-state index contributed by atoms with van der Waals surface area (Å²) in [5, 5.41) is 0. The number of epoxide rings is 1. The van der Waals surface area contributed by atoms with E-state index in [1.54, 1.807) is 0 Å². The van der Waals surface area contributed by atoms with Gasteiger partial charge in [0.25, 0.3) is 0 Å². The maximum absolute atomic E-state index is 5.10. The van der Waals surface area contributed by atoms with Crippen molar-refractivity contribution in [3.63, 3.8) is 0 Å². The summed E-state index contributed by atoms with van der Waals surface area (Å²) in [6.07, 6.45) is 6.07. The van der Waals surface area contributed by atoms with Crippen molar-refractivity contribution in [3.8, 4) is 0 Å². The summed E-state index contributed by atoms with van der Waals surface area (Å²) in [6.45, 7) is 0. The van der Waals surface area contributed by atoms with Crippen molar-refractivity contribution in [1.82, 2.24) is 0 Å². The molecule has 0 aromatic rings. The van der Waals surface area contributed by atoms with E-state index in [9.17, 15) is 0 Å². The number of rotatable bonds is 0. The van der Waals surface area contributed by atoms with Crippen molar-refractivity contribution >= 4 is 0 Å². The zero-order valence-electron chi connectivity index (χ0n) is 3.55. The minimum Gasteiger partial charge on any atom is -0.369 e. The highest BCUT2D eigenvalue weighted by Crippen LogP contribution is 2.36. The molecule has 2 fully saturated rings. The fourth-order valence-corrected chi connectivity index (χ4v) is 1.02. The maximum atomic E-state index is 5.10. The van der Waals surface area contributed by atoms with Crippen LogP contribution in [0.25, 0.3) is 0 Å². The van der Waals surface area contributed by atoms with Gasteiger partial charge in [-0.05, 0) is 19.3 Å². The zero-order valence-corrected chi connectivity index (χ0v) is 3.55. The molecule has 0 N–H and O–H groups in total. The Kier molecular flexibility index (Phi) is 0.396. The van der Waals surface area contributed by atoms with Gasteiger partial charge in [-0.2, -0.15) is 0 Å². The van der Waals surface area contributed by atoms with Gasteiger partial charge in [-0.25, -0.2) is 0 Å². The molecule has 1 saturated heterocycles. The maximum Gasteiger partial charge on any atom is 0.0873 e. The molecule has 1 heteroatoms. The summed E-state index contributed by atoms with van der Waals surface area (Å²) in [5.41, 5.74) is 0. The van der Waals surface area contributed by atoms with Crippen LogP contribution >= 0.6 is 0 Å². The second-order valence-electron chi connectivity index (χ2n) is 1.95. The van der Waals surface area contributed by atoms with Gasteiger partial charge in [-0.3, -0.25) is 0 Å². The van der Waals surface area contributed by atoms with E-state index in [0.717, 1.165) is 0 Å². The van der Waals surface area contributed by atoms with Crippen LogP contribution in [0.3, 0.4) is 0 Å². The van der Waals surface area contributed by atoms with Gasteiger partial charge in [0.1, 0.15) is 0 Å². The van der Waals surface area contributed by atoms with Crippen molar-refractivity contribution in [3.05, 3.63) is 6.42 Å². The van der Waals surface area contributed by atoms with E-state index < -0.39 is 0 Å². The molecule has 1 aliphatic heterocycles. The summed E-state index contributed by atoms with van der Waals surface area (Å²) in [5.74, 6) is 0. The molecular weight excluding hydrogens is 76.1 g/mol. The largest absolute Gasteiger partial charge is 0.369 e. The number of ether oxygens (including phenoxy) is 1. The fourth-order valence-electron chi connectivity index (χ4n) is 1.02. The first-order valence-corrected chi connectivity index (χ1v) is 2.45. The highest BCUT2D eigenvalue weighted by molar-refractivity contribution is 5.02. The Labute approximate surface area is 37.3 Å². The van der Waals surface area contributed by atoms with Crippen molar-refractivity contribution < 1.29 is 4.74 Å². The molecule has 0 amide bonds. The van der Waals surface area contributed by atoms with Crippen molar-refractivity contribution in [2.45, 2.75) is 25.0 Å². The Bertz CT molecular complexity index is 62.3. The summed E-state index contributed by atoms with van der Waals surface area (Å²) >= 11 is 0. The lowest BCUT2D eigenvalue weighted by molar-refractivity contribution is 0.351. The zero-order chi connectivity index (χ0) is 3.98. The van der Waals surface area contributed by atoms with Gasteiger partial charge in [0, 0.05) is 0 Å². The monoisotopic (exact) mass is 83.0 g/mol. The Morgan fingerprint density at radius 1 is 1.67 bits per heavy atom. The molecule has 2 rings (SSSR count). The second kappa shape index (κ2) is 0.784. The normalized spacial score (nSPS) is 52.0. The van der Waals surface area contributed by atoms with Gasteiger partial charge in [-0.15, -0.1) is 0 Å². The molecule has 1 saturated carbocycles. The lowest BCUT2D eigenvalue weighted by atomic mass is 10.4. The van der Waals surface area contributed by atoms with Gasteiger partial charge in [0.15, 0.2) is 0 Å². The van der Waals surface area contributed by atoms with Crippen LogP contribution in [0, 0.1) is 6.42 Å². The third kappa shape index (κ3) is 0.243. The van der Waals surface area contributed by atoms with E-state index in [2.05, 4.69) is 6.42 Å². The highest BCUT2D eigenvalue weighted by Gasteiger charge is 2.42. The molecule has 33 valence electrons. The second-order valence-corrected chi connectivity index (χ2v) is 1.95. The first-order chi connectivity index (χ1) is 2.97. The van der Waals surface area contributed by atoms with Gasteiger partial charge < -0.3 is 4.74 Å². The van der Waals surface area contributed by atoms with E-state index in [1.807, 2.05) is 0 Å². The van der Waals surface area contributed by atoms with E-state index >= 15 is 0 Å². The SMILES string of the molecule is [CH]1CCC2OC12. The predicted octanol–water partition coefficient (Wildman–Crippen LogP) is 0.752. The van der Waals surface area contributed by atoms with Crippen LogP contribution in [0.5, 0.6) is 0 Å². The van der Waals surface area contributed by atoms with E-state index in [4.69, 9.17) is 4.74 Å². The van der Waals surface area contributed by atoms with Crippen LogP contribution in [0.1, 0.15) is 12.8 Å². The van der Waals surface area contributed by atoms with Gasteiger partial charge in [-0.1, -0.05) is 0 Å². The number of hydrogen-bond donors (Lipinski definition) is 0. The Hall–Kier alpha value is -0.0400. The quantitative estimate of drug-likeness (QED) is 0.394. The average molecular weight is 83.1 g/mol. The van der Waals surface area contributed by atoms with Crippen molar-refractivity contribution in [2.75, 3.05) is 0 Å². The minimum absolute atomic E-state index is 0.588. The Balaban J connectivity index is 2.09. The molecular formula is C5H7O. The predicted molar refractivity (Wildman–Crippen MR) is 22.2 cm³/mol. The van der Waals surface area contributed by atoms with Crippen LogP contribution in [-0.2, 0) is 4.74 Å². The molecule has 0 bridgehead atoms. The number of hydrogen-bond acceptors (Lipinski definition) is 1. The summed E-state index contributed by atoms with van der Waals surface area (Å²) < 4.78 is 5.10. The van der Waals surface area contributed by atoms with E-state index in [0.29, 0.717) is 12.2 Å². The molecule has 0 aromatic carbocycles. The number of fused-ring (bicyclic) bond motifs is 1. The molecule has 0 aromatic heterocycles. The molecule has 2 atom stereocenters. The third-order valence-corrected chi connectivity index (χ3v) is 1.47. The van der Waals surface area contributed by atoms with E-state index in [-0.39, 0.29) is 0 Å². The Morgan fingerprint density at radius 2 is 2.67 bits per heavy atom. The summed E-state index contributed by atoms with van der Waals surface area (Å²) in [7, 11) is 0. The van der Waals surface area contributed by atoms with Crippen LogP contribution in [0.4, 0.5) is 0 Å². The molecule has 1 heterocycles. The van der Waals surface area contributed by atoms with Gasteiger partial charge in [0.2, 0.25) is 0 Å². The van der Waals surface area contributed by atoms with Crippen LogP contribution in [0.2, 0.25) is 0 Å². The van der Waals surface area contributed by atoms with Gasteiger partial charge in [0.05, 0.1) is 12.2 Å². The third-order valence-electron chi connectivity index (χ3n) is 1.47. The van der Waals surface area contributed by atoms with Crippen LogP contribution in [-0.4, -0.2) is 12.2 Å². The highest BCUT2D eigenvalue weighted by atomic mass is 16.6.